The van der Waals surface area contributed by atoms with Crippen molar-refractivity contribution >= 4 is 0 Å². The molecule has 0 nitrogen and oxygen atoms in total. The molecule has 0 heterocycles. The third-order valence-electron chi connectivity index (χ3n) is 2.31. The van der Waals surface area contributed by atoms with E-state index in [4.69, 9.17) is 0 Å². The van der Waals surface area contributed by atoms with Crippen LogP contribution in [-0.4, -0.2) is 0 Å². The largest absolute Gasteiger partial charge is 0.103 e. The third-order valence-corrected chi connectivity index (χ3v) is 2.31. The maximum absolute atomic E-state index is 3.82. The molecule has 1 fully saturated rings. The molecule has 0 aliphatic heterocycles. The van der Waals surface area contributed by atoms with E-state index in [9.17, 15) is 0 Å². The van der Waals surface area contributed by atoms with Crippen molar-refractivity contribution in [3.8, 4) is 0 Å². The van der Waals surface area contributed by atoms with Crippen molar-refractivity contribution < 1.29 is 0 Å². The van der Waals surface area contributed by atoms with Crippen LogP contribution < -0.4 is 0 Å². The van der Waals surface area contributed by atoms with Crippen LogP contribution in [0.1, 0.15) is 32.6 Å². The van der Waals surface area contributed by atoms with Crippen LogP contribution in [0.2, 0.25) is 0 Å². The van der Waals surface area contributed by atoms with Gasteiger partial charge in [0.1, 0.15) is 0 Å². The summed E-state index contributed by atoms with van der Waals surface area (Å²) in [5.74, 6) is 1.77. The van der Waals surface area contributed by atoms with Crippen molar-refractivity contribution in [1.29, 1.82) is 0 Å². The van der Waals surface area contributed by atoms with Gasteiger partial charge in [-0.05, 0) is 24.7 Å². The molecule has 0 aromatic rings. The zero-order valence-electron chi connectivity index (χ0n) is 6.27. The van der Waals surface area contributed by atoms with Crippen molar-refractivity contribution in [2.24, 2.45) is 11.8 Å². The molecule has 2 atom stereocenters. The Balaban J connectivity index is 2.31. The van der Waals surface area contributed by atoms with E-state index in [-0.39, 0.29) is 0 Å². The van der Waals surface area contributed by atoms with E-state index in [1.165, 1.54) is 25.7 Å². The predicted molar refractivity (Wildman–Crippen MR) is 41.3 cm³/mol. The third kappa shape index (κ3) is 1.85. The minimum absolute atomic E-state index is 0.828. The standard InChI is InChI=1S/C9H16/c1-3-9-6-4-5-8(2)7-9/h3,8-9H,1,4-7H2,2H3. The Morgan fingerprint density at radius 3 is 2.67 bits per heavy atom. The summed E-state index contributed by atoms with van der Waals surface area (Å²) in [6.07, 6.45) is 7.73. The average molecular weight is 124 g/mol. The molecule has 0 heteroatoms. The van der Waals surface area contributed by atoms with Crippen LogP contribution in [0, 0.1) is 11.8 Å². The van der Waals surface area contributed by atoms with Crippen molar-refractivity contribution in [3.05, 3.63) is 12.7 Å². The second-order valence-electron chi connectivity index (χ2n) is 3.27. The van der Waals surface area contributed by atoms with E-state index in [1.54, 1.807) is 0 Å². The fourth-order valence-corrected chi connectivity index (χ4v) is 1.70. The van der Waals surface area contributed by atoms with Crippen molar-refractivity contribution in [2.75, 3.05) is 0 Å². The first-order chi connectivity index (χ1) is 4.33. The molecule has 2 unspecified atom stereocenters. The fourth-order valence-electron chi connectivity index (χ4n) is 1.70. The van der Waals surface area contributed by atoms with Gasteiger partial charge in [0.25, 0.3) is 0 Å². The molecule has 0 bridgehead atoms. The maximum atomic E-state index is 3.82. The molecule has 0 amide bonds. The summed E-state index contributed by atoms with van der Waals surface area (Å²) in [7, 11) is 0. The second kappa shape index (κ2) is 3.05. The van der Waals surface area contributed by atoms with Crippen LogP contribution in [0.5, 0.6) is 0 Å². The Hall–Kier alpha value is -0.260. The van der Waals surface area contributed by atoms with Gasteiger partial charge in [0.05, 0.1) is 0 Å². The number of hydrogen-bond donors (Lipinski definition) is 0. The molecule has 1 aliphatic rings. The van der Waals surface area contributed by atoms with Gasteiger partial charge in [-0.2, -0.15) is 0 Å². The van der Waals surface area contributed by atoms with Gasteiger partial charge in [-0.15, -0.1) is 6.58 Å². The van der Waals surface area contributed by atoms with E-state index in [0.29, 0.717) is 0 Å². The average Bonchev–Trinajstić information content (AvgIpc) is 1.88. The van der Waals surface area contributed by atoms with E-state index in [0.717, 1.165) is 11.8 Å². The second-order valence-corrected chi connectivity index (χ2v) is 3.27. The Labute approximate surface area is 58.0 Å². The number of allylic oxidation sites excluding steroid dienone is 1. The van der Waals surface area contributed by atoms with Crippen LogP contribution in [0.25, 0.3) is 0 Å². The van der Waals surface area contributed by atoms with E-state index < -0.39 is 0 Å². The van der Waals surface area contributed by atoms with Gasteiger partial charge in [0, 0.05) is 0 Å². The molecule has 0 spiro atoms. The molecule has 1 rings (SSSR count). The summed E-state index contributed by atoms with van der Waals surface area (Å²) in [4.78, 5) is 0. The number of rotatable bonds is 1. The van der Waals surface area contributed by atoms with Crippen LogP contribution in [0.4, 0.5) is 0 Å². The Bertz CT molecular complexity index is 94.2. The highest BCUT2D eigenvalue weighted by atomic mass is 14.2. The molecular weight excluding hydrogens is 108 g/mol. The smallest absolute Gasteiger partial charge is 0.0234 e. The topological polar surface area (TPSA) is 0 Å². The summed E-state index contributed by atoms with van der Waals surface area (Å²) in [6.45, 7) is 6.16. The summed E-state index contributed by atoms with van der Waals surface area (Å²) in [5, 5.41) is 0. The zero-order valence-corrected chi connectivity index (χ0v) is 6.27. The van der Waals surface area contributed by atoms with Crippen molar-refractivity contribution in [1.82, 2.24) is 0 Å². The minimum Gasteiger partial charge on any atom is -0.103 e. The van der Waals surface area contributed by atoms with Crippen LogP contribution in [-0.2, 0) is 0 Å². The minimum atomic E-state index is 0.828. The maximum Gasteiger partial charge on any atom is -0.0234 e. The SMILES string of the molecule is C=CC1CCCC(C)C1. The molecule has 52 valence electrons. The monoisotopic (exact) mass is 124 g/mol. The Morgan fingerprint density at radius 1 is 1.44 bits per heavy atom. The summed E-state index contributed by atoms with van der Waals surface area (Å²) >= 11 is 0. The first kappa shape index (κ1) is 6.85. The summed E-state index contributed by atoms with van der Waals surface area (Å²) < 4.78 is 0. The molecule has 0 saturated heterocycles. The van der Waals surface area contributed by atoms with E-state index in [2.05, 4.69) is 19.6 Å². The predicted octanol–water partition coefficient (Wildman–Crippen LogP) is 3.00. The molecule has 1 saturated carbocycles. The Morgan fingerprint density at radius 2 is 2.22 bits per heavy atom. The van der Waals surface area contributed by atoms with Crippen molar-refractivity contribution in [3.63, 3.8) is 0 Å². The van der Waals surface area contributed by atoms with Gasteiger partial charge >= 0.3 is 0 Å². The molecule has 0 aromatic heterocycles. The normalized spacial score (nSPS) is 36.1. The molecule has 1 aliphatic carbocycles. The fraction of sp³-hybridized carbons (Fsp3) is 0.778. The zero-order chi connectivity index (χ0) is 6.69. The van der Waals surface area contributed by atoms with E-state index >= 15 is 0 Å². The van der Waals surface area contributed by atoms with Crippen LogP contribution >= 0.6 is 0 Å². The summed E-state index contributed by atoms with van der Waals surface area (Å²) in [5.41, 5.74) is 0. The lowest BCUT2D eigenvalue weighted by molar-refractivity contribution is 0.325. The van der Waals surface area contributed by atoms with Gasteiger partial charge in [-0.25, -0.2) is 0 Å². The van der Waals surface area contributed by atoms with Crippen molar-refractivity contribution in [2.45, 2.75) is 32.6 Å². The first-order valence-electron chi connectivity index (χ1n) is 3.95. The highest BCUT2D eigenvalue weighted by molar-refractivity contribution is 4.83. The quantitative estimate of drug-likeness (QED) is 0.471. The lowest BCUT2D eigenvalue weighted by Crippen LogP contribution is -2.10. The molecule has 0 radical (unpaired) electrons. The highest BCUT2D eigenvalue weighted by Gasteiger charge is 2.15. The lowest BCUT2D eigenvalue weighted by atomic mass is 9.83. The van der Waals surface area contributed by atoms with Crippen LogP contribution in [0.3, 0.4) is 0 Å². The molecular formula is C9H16. The van der Waals surface area contributed by atoms with Gasteiger partial charge in [-0.3, -0.25) is 0 Å². The molecule has 0 N–H and O–H groups in total. The number of hydrogen-bond acceptors (Lipinski definition) is 0. The summed E-state index contributed by atoms with van der Waals surface area (Å²) in [6, 6.07) is 0. The van der Waals surface area contributed by atoms with Gasteiger partial charge in [0.15, 0.2) is 0 Å². The Kier molecular flexibility index (Phi) is 2.32. The lowest BCUT2D eigenvalue weighted by Gasteiger charge is -2.23. The molecule has 0 aromatic carbocycles. The molecule has 9 heavy (non-hydrogen) atoms. The van der Waals surface area contributed by atoms with Gasteiger partial charge in [-0.1, -0.05) is 25.8 Å². The van der Waals surface area contributed by atoms with Gasteiger partial charge in [0.2, 0.25) is 0 Å². The van der Waals surface area contributed by atoms with Gasteiger partial charge < -0.3 is 0 Å². The van der Waals surface area contributed by atoms with Crippen LogP contribution in [0.15, 0.2) is 12.7 Å². The first-order valence-corrected chi connectivity index (χ1v) is 3.95. The highest BCUT2D eigenvalue weighted by Crippen LogP contribution is 2.28. The van der Waals surface area contributed by atoms with E-state index in [1.807, 2.05) is 0 Å².